The highest BCUT2D eigenvalue weighted by atomic mass is 16.5. The van der Waals surface area contributed by atoms with Gasteiger partial charge in [-0.2, -0.15) is 5.10 Å². The summed E-state index contributed by atoms with van der Waals surface area (Å²) in [5, 5.41) is 24.6. The van der Waals surface area contributed by atoms with E-state index < -0.39 is 0 Å². The van der Waals surface area contributed by atoms with Crippen LogP contribution in [0.4, 0.5) is 5.82 Å². The summed E-state index contributed by atoms with van der Waals surface area (Å²) in [5.41, 5.74) is 2.02. The first-order valence-electron chi connectivity index (χ1n) is 10.5. The number of aromatic nitrogens is 4. The van der Waals surface area contributed by atoms with Crippen LogP contribution in [-0.4, -0.2) is 48.9 Å². The molecule has 0 spiro atoms. The molecule has 0 bridgehead atoms. The van der Waals surface area contributed by atoms with E-state index >= 15 is 0 Å². The van der Waals surface area contributed by atoms with Crippen molar-refractivity contribution in [1.82, 2.24) is 25.5 Å². The maximum atomic E-state index is 11.1. The standard InChI is InChI=1S/C23H28N6O3/c1-22(2)9-15(10-23(3,4)29-22)27-20-12-24-17(11-25-20)21-18(31)7-14(8-19(21)32-13-30)16-5-6-26-28-16/h5-8,11-13,15,29,31H,9-10H2,1-4H3,(H,25,27)(H,26,28). The molecule has 1 aliphatic rings. The maximum absolute atomic E-state index is 11.1. The van der Waals surface area contributed by atoms with Crippen molar-refractivity contribution in [2.45, 2.75) is 57.7 Å². The number of aromatic hydroxyl groups is 1. The van der Waals surface area contributed by atoms with E-state index in [2.05, 4.69) is 58.5 Å². The molecule has 0 saturated carbocycles. The molecule has 168 valence electrons. The van der Waals surface area contributed by atoms with Crippen molar-refractivity contribution in [2.75, 3.05) is 5.32 Å². The molecule has 3 heterocycles. The molecule has 0 amide bonds. The molecule has 0 radical (unpaired) electrons. The second-order valence-corrected chi connectivity index (χ2v) is 9.48. The summed E-state index contributed by atoms with van der Waals surface area (Å²) in [6, 6.07) is 5.21. The molecular formula is C23H28N6O3. The molecule has 1 fully saturated rings. The van der Waals surface area contributed by atoms with E-state index in [1.54, 1.807) is 36.8 Å². The smallest absolute Gasteiger partial charge is 0.298 e. The van der Waals surface area contributed by atoms with Gasteiger partial charge in [-0.25, -0.2) is 4.98 Å². The summed E-state index contributed by atoms with van der Waals surface area (Å²) in [6.07, 6.45) is 6.69. The lowest BCUT2D eigenvalue weighted by atomic mass is 9.79. The lowest BCUT2D eigenvalue weighted by Crippen LogP contribution is -2.60. The van der Waals surface area contributed by atoms with Crippen LogP contribution in [0.2, 0.25) is 0 Å². The summed E-state index contributed by atoms with van der Waals surface area (Å²) in [5.74, 6) is 0.756. The van der Waals surface area contributed by atoms with Gasteiger partial charge in [0.2, 0.25) is 0 Å². The van der Waals surface area contributed by atoms with Gasteiger partial charge in [-0.05, 0) is 58.7 Å². The Morgan fingerprint density at radius 1 is 1.16 bits per heavy atom. The van der Waals surface area contributed by atoms with Crippen LogP contribution in [0.3, 0.4) is 0 Å². The summed E-state index contributed by atoms with van der Waals surface area (Å²) >= 11 is 0. The Balaban J connectivity index is 1.59. The number of phenolic OH excluding ortho intramolecular Hbond substituents is 1. The van der Waals surface area contributed by atoms with Crippen molar-refractivity contribution < 1.29 is 14.6 Å². The monoisotopic (exact) mass is 436 g/mol. The number of aromatic amines is 1. The van der Waals surface area contributed by atoms with Crippen LogP contribution in [-0.2, 0) is 4.79 Å². The quantitative estimate of drug-likeness (QED) is 0.433. The van der Waals surface area contributed by atoms with Gasteiger partial charge in [-0.1, -0.05) is 0 Å². The van der Waals surface area contributed by atoms with Gasteiger partial charge in [0.05, 0.1) is 29.3 Å². The minimum Gasteiger partial charge on any atom is -0.507 e. The Labute approximate surface area is 186 Å². The Morgan fingerprint density at radius 3 is 2.50 bits per heavy atom. The molecule has 4 N–H and O–H groups in total. The number of hydrogen-bond donors (Lipinski definition) is 4. The van der Waals surface area contributed by atoms with Crippen LogP contribution >= 0.6 is 0 Å². The number of nitrogens with zero attached hydrogens (tertiary/aromatic N) is 3. The summed E-state index contributed by atoms with van der Waals surface area (Å²) < 4.78 is 5.14. The molecule has 0 aliphatic carbocycles. The minimum absolute atomic E-state index is 0.00997. The van der Waals surface area contributed by atoms with Crippen LogP contribution in [0.1, 0.15) is 40.5 Å². The molecule has 1 aliphatic heterocycles. The number of benzene rings is 1. The number of H-pyrrole nitrogens is 1. The fraction of sp³-hybridized carbons (Fsp3) is 0.391. The molecule has 32 heavy (non-hydrogen) atoms. The van der Waals surface area contributed by atoms with Crippen LogP contribution < -0.4 is 15.4 Å². The number of nitrogens with one attached hydrogen (secondary N) is 3. The zero-order valence-corrected chi connectivity index (χ0v) is 18.6. The Hall–Kier alpha value is -3.46. The van der Waals surface area contributed by atoms with Gasteiger partial charge in [0.1, 0.15) is 17.3 Å². The number of rotatable bonds is 6. The van der Waals surface area contributed by atoms with Crippen molar-refractivity contribution in [2.24, 2.45) is 0 Å². The van der Waals surface area contributed by atoms with Crippen LogP contribution in [0.15, 0.2) is 36.8 Å². The van der Waals surface area contributed by atoms with E-state index in [9.17, 15) is 9.90 Å². The normalized spacial score (nSPS) is 17.6. The lowest BCUT2D eigenvalue weighted by molar-refractivity contribution is -0.120. The maximum Gasteiger partial charge on any atom is 0.298 e. The fourth-order valence-electron chi connectivity index (χ4n) is 4.74. The molecule has 2 aromatic heterocycles. The van der Waals surface area contributed by atoms with Crippen molar-refractivity contribution >= 4 is 12.3 Å². The van der Waals surface area contributed by atoms with Crippen molar-refractivity contribution in [3.05, 3.63) is 36.8 Å². The average Bonchev–Trinajstić information content (AvgIpc) is 3.21. The predicted molar refractivity (Wildman–Crippen MR) is 121 cm³/mol. The number of ether oxygens (including phenoxy) is 1. The van der Waals surface area contributed by atoms with E-state index in [-0.39, 0.29) is 28.6 Å². The zero-order chi connectivity index (χ0) is 22.9. The SMILES string of the molecule is CC1(C)CC(Nc2cnc(-c3c(O)cc(-c4ccn[nH]4)cc3OC=O)cn2)CC(C)(C)N1. The van der Waals surface area contributed by atoms with Crippen molar-refractivity contribution in [3.63, 3.8) is 0 Å². The second kappa shape index (κ2) is 8.23. The minimum atomic E-state index is -0.0780. The number of carbonyl (C=O) groups is 1. The number of piperidine rings is 1. The van der Waals surface area contributed by atoms with Gasteiger partial charge in [-0.15, -0.1) is 0 Å². The van der Waals surface area contributed by atoms with Gasteiger partial charge in [0, 0.05) is 28.9 Å². The van der Waals surface area contributed by atoms with Crippen LogP contribution in [0, 0.1) is 0 Å². The molecule has 1 saturated heterocycles. The third kappa shape index (κ3) is 4.72. The third-order valence-corrected chi connectivity index (χ3v) is 5.52. The van der Waals surface area contributed by atoms with Gasteiger partial charge < -0.3 is 20.5 Å². The van der Waals surface area contributed by atoms with E-state index in [0.29, 0.717) is 34.8 Å². The van der Waals surface area contributed by atoms with E-state index in [0.717, 1.165) is 12.8 Å². The first-order chi connectivity index (χ1) is 15.2. The Bertz CT molecular complexity index is 1080. The largest absolute Gasteiger partial charge is 0.507 e. The number of hydrogen-bond acceptors (Lipinski definition) is 8. The number of carbonyl (C=O) groups excluding carboxylic acids is 1. The van der Waals surface area contributed by atoms with E-state index in [1.165, 1.54) is 0 Å². The van der Waals surface area contributed by atoms with E-state index in [4.69, 9.17) is 4.74 Å². The number of anilines is 1. The molecule has 0 atom stereocenters. The molecule has 9 heteroatoms. The topological polar surface area (TPSA) is 125 Å². The molecular weight excluding hydrogens is 408 g/mol. The molecule has 9 nitrogen and oxygen atoms in total. The Kier molecular flexibility index (Phi) is 5.60. The molecule has 4 rings (SSSR count). The summed E-state index contributed by atoms with van der Waals surface area (Å²) in [6.45, 7) is 9.10. The van der Waals surface area contributed by atoms with Crippen molar-refractivity contribution in [3.8, 4) is 34.0 Å². The van der Waals surface area contributed by atoms with Crippen LogP contribution in [0.5, 0.6) is 11.5 Å². The highest BCUT2D eigenvalue weighted by molar-refractivity contribution is 5.80. The highest BCUT2D eigenvalue weighted by Crippen LogP contribution is 2.40. The molecule has 3 aromatic rings. The zero-order valence-electron chi connectivity index (χ0n) is 18.6. The summed E-state index contributed by atoms with van der Waals surface area (Å²) in [7, 11) is 0. The van der Waals surface area contributed by atoms with Gasteiger partial charge in [0.15, 0.2) is 0 Å². The van der Waals surface area contributed by atoms with Crippen molar-refractivity contribution in [1.29, 1.82) is 0 Å². The average molecular weight is 437 g/mol. The number of phenols is 1. The van der Waals surface area contributed by atoms with Gasteiger partial charge in [0.25, 0.3) is 6.47 Å². The third-order valence-electron chi connectivity index (χ3n) is 5.52. The van der Waals surface area contributed by atoms with E-state index in [1.807, 2.05) is 0 Å². The molecule has 0 unspecified atom stereocenters. The first kappa shape index (κ1) is 21.8. The van der Waals surface area contributed by atoms with Crippen LogP contribution in [0.25, 0.3) is 22.5 Å². The Morgan fingerprint density at radius 2 is 1.91 bits per heavy atom. The lowest BCUT2D eigenvalue weighted by Gasteiger charge is -2.46. The summed E-state index contributed by atoms with van der Waals surface area (Å²) in [4.78, 5) is 20.0. The van der Waals surface area contributed by atoms with Gasteiger partial charge in [-0.3, -0.25) is 14.9 Å². The second-order valence-electron chi connectivity index (χ2n) is 9.48. The molecule has 1 aromatic carbocycles. The first-order valence-corrected chi connectivity index (χ1v) is 10.5. The predicted octanol–water partition coefficient (Wildman–Crippen LogP) is 3.50. The van der Waals surface area contributed by atoms with Gasteiger partial charge >= 0.3 is 0 Å². The highest BCUT2D eigenvalue weighted by Gasteiger charge is 2.37. The fourth-order valence-corrected chi connectivity index (χ4v) is 4.74.